The lowest BCUT2D eigenvalue weighted by Crippen LogP contribution is -2.34. The minimum Gasteiger partial charge on any atom is -0.354 e. The second-order valence-corrected chi connectivity index (χ2v) is 10.1. The number of carbonyl (C=O) groups excluding carboxylic acids is 2. The minimum atomic E-state index is -0.353. The van der Waals surface area contributed by atoms with Gasteiger partial charge in [0, 0.05) is 24.4 Å². The maximum Gasteiger partial charge on any atom is 0.270 e. The molecule has 2 heterocycles. The number of fused-ring (bicyclic) bond motifs is 1. The van der Waals surface area contributed by atoms with Gasteiger partial charge in [-0.3, -0.25) is 14.0 Å². The number of halogens is 1. The SMILES string of the molecule is CNC(=O)c1c(-c2ccc(F)cc2)nc2sc(-c3cccc(C(=O)NC4(c5ccccc5)CC4)c3)cn12. The van der Waals surface area contributed by atoms with Crippen LogP contribution in [0.25, 0.3) is 26.7 Å². The summed E-state index contributed by atoms with van der Waals surface area (Å²) in [5.41, 5.74) is 3.78. The van der Waals surface area contributed by atoms with Gasteiger partial charge in [-0.15, -0.1) is 0 Å². The molecule has 0 bridgehead atoms. The molecule has 1 fully saturated rings. The highest BCUT2D eigenvalue weighted by Gasteiger charge is 2.45. The van der Waals surface area contributed by atoms with Crippen molar-refractivity contribution in [2.24, 2.45) is 0 Å². The molecule has 1 saturated carbocycles. The zero-order chi connectivity index (χ0) is 25.6. The van der Waals surface area contributed by atoms with E-state index in [-0.39, 0.29) is 23.2 Å². The van der Waals surface area contributed by atoms with Crippen LogP contribution in [-0.4, -0.2) is 28.2 Å². The van der Waals surface area contributed by atoms with E-state index in [4.69, 9.17) is 4.98 Å². The third-order valence-electron chi connectivity index (χ3n) is 6.72. The predicted molar refractivity (Wildman–Crippen MR) is 142 cm³/mol. The summed E-state index contributed by atoms with van der Waals surface area (Å²) in [4.78, 5) is 32.2. The summed E-state index contributed by atoms with van der Waals surface area (Å²) in [5, 5.41) is 5.90. The summed E-state index contributed by atoms with van der Waals surface area (Å²) in [5.74, 6) is -0.761. The molecule has 3 aromatic carbocycles. The zero-order valence-electron chi connectivity index (χ0n) is 20.0. The van der Waals surface area contributed by atoms with Crippen LogP contribution in [0.3, 0.4) is 0 Å². The van der Waals surface area contributed by atoms with Crippen molar-refractivity contribution in [2.75, 3.05) is 7.05 Å². The number of thiazole rings is 1. The number of nitrogens with zero attached hydrogens (tertiary/aromatic N) is 2. The first-order valence-electron chi connectivity index (χ1n) is 12.0. The van der Waals surface area contributed by atoms with Crippen molar-refractivity contribution < 1.29 is 14.0 Å². The number of aromatic nitrogens is 2. The molecule has 0 aliphatic heterocycles. The number of hydrogen-bond acceptors (Lipinski definition) is 4. The van der Waals surface area contributed by atoms with E-state index >= 15 is 0 Å². The second-order valence-electron chi connectivity index (χ2n) is 9.13. The number of carbonyl (C=O) groups is 2. The number of nitrogens with one attached hydrogen (secondary N) is 2. The first kappa shape index (κ1) is 23.1. The Bertz CT molecular complexity index is 1640. The molecular weight excluding hydrogens is 487 g/mol. The third-order valence-corrected chi connectivity index (χ3v) is 7.76. The Morgan fingerprint density at radius 2 is 1.70 bits per heavy atom. The Morgan fingerprint density at radius 1 is 0.946 bits per heavy atom. The number of rotatable bonds is 6. The molecule has 6 nitrogen and oxygen atoms in total. The largest absolute Gasteiger partial charge is 0.354 e. The Morgan fingerprint density at radius 3 is 2.41 bits per heavy atom. The smallest absolute Gasteiger partial charge is 0.270 e. The predicted octanol–water partition coefficient (Wildman–Crippen LogP) is 5.65. The molecule has 0 radical (unpaired) electrons. The average Bonchev–Trinajstić information content (AvgIpc) is 3.46. The summed E-state index contributed by atoms with van der Waals surface area (Å²) < 4.78 is 15.2. The van der Waals surface area contributed by atoms with Gasteiger partial charge in [-0.05, 0) is 60.4 Å². The highest BCUT2D eigenvalue weighted by Crippen LogP contribution is 2.45. The van der Waals surface area contributed by atoms with Gasteiger partial charge >= 0.3 is 0 Å². The molecule has 0 spiro atoms. The molecule has 2 amide bonds. The van der Waals surface area contributed by atoms with Crippen LogP contribution < -0.4 is 10.6 Å². The lowest BCUT2D eigenvalue weighted by molar-refractivity contribution is 0.0928. The van der Waals surface area contributed by atoms with Crippen LogP contribution in [0.15, 0.2) is 85.1 Å². The van der Waals surface area contributed by atoms with Gasteiger partial charge in [-0.25, -0.2) is 9.37 Å². The Hall–Kier alpha value is -4.30. The zero-order valence-corrected chi connectivity index (χ0v) is 20.8. The summed E-state index contributed by atoms with van der Waals surface area (Å²) in [6.07, 6.45) is 3.69. The quantitative estimate of drug-likeness (QED) is 0.310. The molecule has 6 rings (SSSR count). The monoisotopic (exact) mass is 510 g/mol. The fraction of sp³-hybridized carbons (Fsp3) is 0.138. The standard InChI is InChI=1S/C29H23FN4O2S/c1-31-27(36)25-24(18-10-12-22(30)13-11-18)32-28-34(25)17-23(37-28)19-6-5-7-20(16-19)26(35)33-29(14-15-29)21-8-3-2-4-9-21/h2-13,16-17H,14-15H2,1H3,(H,31,36)(H,33,35). The fourth-order valence-corrected chi connectivity index (χ4v) is 5.57. The van der Waals surface area contributed by atoms with Gasteiger partial charge in [0.1, 0.15) is 17.2 Å². The topological polar surface area (TPSA) is 75.5 Å². The molecule has 184 valence electrons. The van der Waals surface area contributed by atoms with Gasteiger partial charge in [0.2, 0.25) is 0 Å². The second kappa shape index (κ2) is 8.97. The molecular formula is C29H23FN4O2S. The number of imidazole rings is 1. The van der Waals surface area contributed by atoms with E-state index in [9.17, 15) is 14.0 Å². The van der Waals surface area contributed by atoms with Crippen molar-refractivity contribution in [1.29, 1.82) is 0 Å². The lowest BCUT2D eigenvalue weighted by atomic mass is 10.0. The first-order chi connectivity index (χ1) is 18.0. The van der Waals surface area contributed by atoms with Crippen molar-refractivity contribution >= 4 is 28.1 Å². The normalized spacial score (nSPS) is 13.9. The molecule has 1 aliphatic rings. The Labute approximate surface area is 216 Å². The van der Waals surface area contributed by atoms with Crippen molar-refractivity contribution in [3.63, 3.8) is 0 Å². The van der Waals surface area contributed by atoms with Gasteiger partial charge in [0.15, 0.2) is 4.96 Å². The molecule has 2 aromatic heterocycles. The van der Waals surface area contributed by atoms with Crippen molar-refractivity contribution in [3.8, 4) is 21.7 Å². The van der Waals surface area contributed by atoms with E-state index in [1.807, 2.05) is 42.6 Å². The van der Waals surface area contributed by atoms with Crippen molar-refractivity contribution in [2.45, 2.75) is 18.4 Å². The van der Waals surface area contributed by atoms with Crippen LogP contribution >= 0.6 is 11.3 Å². The maximum atomic E-state index is 13.5. The maximum absolute atomic E-state index is 13.5. The van der Waals surface area contributed by atoms with Gasteiger partial charge in [-0.2, -0.15) is 0 Å². The summed E-state index contributed by atoms with van der Waals surface area (Å²) in [7, 11) is 1.56. The van der Waals surface area contributed by atoms with Crippen LogP contribution in [0.5, 0.6) is 0 Å². The molecule has 5 aromatic rings. The van der Waals surface area contributed by atoms with Crippen LogP contribution in [0.2, 0.25) is 0 Å². The average molecular weight is 511 g/mol. The first-order valence-corrected chi connectivity index (χ1v) is 12.8. The van der Waals surface area contributed by atoms with Gasteiger partial charge < -0.3 is 10.6 Å². The summed E-state index contributed by atoms with van der Waals surface area (Å²) in [6.45, 7) is 0. The van der Waals surface area contributed by atoms with E-state index in [0.717, 1.165) is 28.8 Å². The number of hydrogen-bond donors (Lipinski definition) is 2. The van der Waals surface area contributed by atoms with Gasteiger partial charge in [0.25, 0.3) is 11.8 Å². The molecule has 37 heavy (non-hydrogen) atoms. The molecule has 1 aliphatic carbocycles. The van der Waals surface area contributed by atoms with Gasteiger partial charge in [0.05, 0.1) is 10.4 Å². The van der Waals surface area contributed by atoms with Crippen LogP contribution in [0, 0.1) is 5.82 Å². The molecule has 0 unspecified atom stereocenters. The Balaban J connectivity index is 1.33. The van der Waals surface area contributed by atoms with Crippen molar-refractivity contribution in [1.82, 2.24) is 20.0 Å². The molecule has 8 heteroatoms. The van der Waals surface area contributed by atoms with Crippen LogP contribution in [-0.2, 0) is 5.54 Å². The number of benzene rings is 3. The third kappa shape index (κ3) is 4.19. The lowest BCUT2D eigenvalue weighted by Gasteiger charge is -2.18. The number of amides is 2. The summed E-state index contributed by atoms with van der Waals surface area (Å²) >= 11 is 1.42. The van der Waals surface area contributed by atoms with E-state index in [2.05, 4.69) is 22.8 Å². The molecule has 2 N–H and O–H groups in total. The van der Waals surface area contributed by atoms with E-state index < -0.39 is 0 Å². The van der Waals surface area contributed by atoms with Gasteiger partial charge in [-0.1, -0.05) is 53.8 Å². The summed E-state index contributed by atoms with van der Waals surface area (Å²) in [6, 6.07) is 23.4. The molecule has 0 saturated heterocycles. The van der Waals surface area contributed by atoms with E-state index in [0.29, 0.717) is 27.5 Å². The van der Waals surface area contributed by atoms with Crippen LogP contribution in [0.4, 0.5) is 4.39 Å². The Kier molecular flexibility index (Phi) is 5.61. The minimum absolute atomic E-state index is 0.116. The highest BCUT2D eigenvalue weighted by atomic mass is 32.1. The van der Waals surface area contributed by atoms with E-state index in [1.54, 1.807) is 29.6 Å². The van der Waals surface area contributed by atoms with E-state index in [1.165, 1.54) is 23.5 Å². The van der Waals surface area contributed by atoms with Crippen molar-refractivity contribution in [3.05, 3.63) is 108 Å². The van der Waals surface area contributed by atoms with Crippen LogP contribution in [0.1, 0.15) is 39.3 Å². The molecule has 0 atom stereocenters. The highest BCUT2D eigenvalue weighted by molar-refractivity contribution is 7.20. The fourth-order valence-electron chi connectivity index (χ4n) is 4.59.